The van der Waals surface area contributed by atoms with Gasteiger partial charge in [0.05, 0.1) is 10.6 Å². The van der Waals surface area contributed by atoms with Crippen molar-refractivity contribution in [1.29, 1.82) is 0 Å². The van der Waals surface area contributed by atoms with Crippen LogP contribution in [0.5, 0.6) is 0 Å². The van der Waals surface area contributed by atoms with E-state index in [4.69, 9.17) is 0 Å². The first-order valence-corrected chi connectivity index (χ1v) is 14.5. The highest BCUT2D eigenvalue weighted by atomic mass is 32.2. The van der Waals surface area contributed by atoms with Gasteiger partial charge in [-0.25, -0.2) is 12.8 Å². The van der Waals surface area contributed by atoms with Gasteiger partial charge in [-0.2, -0.15) is 0 Å². The van der Waals surface area contributed by atoms with Crippen molar-refractivity contribution in [3.05, 3.63) is 95.8 Å². The number of nitrogens with zero attached hydrogens (tertiary/aromatic N) is 2. The number of nitrogens with one attached hydrogen (secondary N) is 1. The summed E-state index contributed by atoms with van der Waals surface area (Å²) >= 11 is 0. The third-order valence-electron chi connectivity index (χ3n) is 6.69. The molecular formula is C30H36FN3O4S. The van der Waals surface area contributed by atoms with Crippen molar-refractivity contribution < 1.29 is 22.4 Å². The van der Waals surface area contributed by atoms with Gasteiger partial charge in [-0.15, -0.1) is 0 Å². The Morgan fingerprint density at radius 3 is 2.13 bits per heavy atom. The number of amides is 2. The predicted octanol–water partition coefficient (Wildman–Crippen LogP) is 4.92. The number of anilines is 1. The summed E-state index contributed by atoms with van der Waals surface area (Å²) in [5, 5.41) is 2.89. The molecule has 0 spiro atoms. The minimum atomic E-state index is -4.13. The molecule has 2 atom stereocenters. The van der Waals surface area contributed by atoms with E-state index in [1.807, 2.05) is 32.9 Å². The van der Waals surface area contributed by atoms with Crippen LogP contribution in [0.2, 0.25) is 0 Å². The molecule has 1 N–H and O–H groups in total. The monoisotopic (exact) mass is 553 g/mol. The summed E-state index contributed by atoms with van der Waals surface area (Å²) in [6.07, 6.45) is 1.26. The smallest absolute Gasteiger partial charge is 0.264 e. The van der Waals surface area contributed by atoms with Gasteiger partial charge in [0.1, 0.15) is 18.4 Å². The Labute approximate surface area is 230 Å². The molecule has 0 aliphatic rings. The molecule has 3 aromatic carbocycles. The summed E-state index contributed by atoms with van der Waals surface area (Å²) in [5.41, 5.74) is 1.77. The van der Waals surface area contributed by atoms with E-state index in [-0.39, 0.29) is 23.4 Å². The van der Waals surface area contributed by atoms with Gasteiger partial charge in [0.25, 0.3) is 10.0 Å². The minimum Gasteiger partial charge on any atom is -0.352 e. The first kappa shape index (κ1) is 29.8. The summed E-state index contributed by atoms with van der Waals surface area (Å²) in [7, 11) is -4.13. The maximum absolute atomic E-state index is 13.9. The SMILES string of the molecule is CCc1ccccc1N(CC(=O)N(Cc1ccc(F)cc1)[C@H](C)C(=O)N[C@H](C)CC)S(=O)(=O)c1ccccc1. The molecule has 208 valence electrons. The van der Waals surface area contributed by atoms with E-state index >= 15 is 0 Å². The van der Waals surface area contributed by atoms with E-state index in [2.05, 4.69) is 5.32 Å². The Morgan fingerprint density at radius 2 is 1.51 bits per heavy atom. The van der Waals surface area contributed by atoms with Crippen molar-refractivity contribution >= 4 is 27.5 Å². The topological polar surface area (TPSA) is 86.8 Å². The number of halogens is 1. The van der Waals surface area contributed by atoms with E-state index in [1.165, 1.54) is 29.2 Å². The lowest BCUT2D eigenvalue weighted by Crippen LogP contribution is -2.52. The third kappa shape index (κ3) is 7.44. The second-order valence-corrected chi connectivity index (χ2v) is 11.3. The fraction of sp³-hybridized carbons (Fsp3) is 0.333. The molecule has 7 nitrogen and oxygen atoms in total. The fourth-order valence-corrected chi connectivity index (χ4v) is 5.59. The van der Waals surface area contributed by atoms with Crippen molar-refractivity contribution in [2.24, 2.45) is 0 Å². The van der Waals surface area contributed by atoms with Crippen LogP contribution in [0.3, 0.4) is 0 Å². The molecule has 39 heavy (non-hydrogen) atoms. The van der Waals surface area contributed by atoms with Gasteiger partial charge in [-0.1, -0.05) is 62.4 Å². The van der Waals surface area contributed by atoms with E-state index in [1.54, 1.807) is 49.4 Å². The second kappa shape index (κ2) is 13.4. The zero-order valence-corrected chi connectivity index (χ0v) is 23.6. The molecule has 2 amide bonds. The number of benzene rings is 3. The van der Waals surface area contributed by atoms with Gasteiger partial charge >= 0.3 is 0 Å². The summed E-state index contributed by atoms with van der Waals surface area (Å²) in [6, 6.07) is 19.6. The fourth-order valence-electron chi connectivity index (χ4n) is 4.12. The molecule has 0 saturated heterocycles. The number of carbonyl (C=O) groups is 2. The lowest BCUT2D eigenvalue weighted by Gasteiger charge is -2.33. The Bertz CT molecular complexity index is 1360. The molecule has 0 fully saturated rings. The number of sulfonamides is 1. The molecule has 0 radical (unpaired) electrons. The van der Waals surface area contributed by atoms with Crippen LogP contribution in [-0.4, -0.2) is 43.8 Å². The molecule has 3 rings (SSSR count). The highest BCUT2D eigenvalue weighted by Crippen LogP contribution is 2.28. The van der Waals surface area contributed by atoms with Crippen LogP contribution in [0.25, 0.3) is 0 Å². The van der Waals surface area contributed by atoms with E-state index in [9.17, 15) is 22.4 Å². The average molecular weight is 554 g/mol. The minimum absolute atomic E-state index is 0.00283. The van der Waals surface area contributed by atoms with Gasteiger partial charge in [0.15, 0.2) is 0 Å². The largest absolute Gasteiger partial charge is 0.352 e. The number of rotatable bonds is 12. The van der Waals surface area contributed by atoms with Crippen LogP contribution in [0.4, 0.5) is 10.1 Å². The summed E-state index contributed by atoms with van der Waals surface area (Å²) in [4.78, 5) is 28.4. The molecule has 0 aliphatic carbocycles. The molecule has 0 heterocycles. The van der Waals surface area contributed by atoms with Crippen LogP contribution in [0.1, 0.15) is 45.2 Å². The average Bonchev–Trinajstić information content (AvgIpc) is 2.95. The molecule has 0 unspecified atom stereocenters. The van der Waals surface area contributed by atoms with Gasteiger partial charge in [0.2, 0.25) is 11.8 Å². The van der Waals surface area contributed by atoms with Gasteiger partial charge in [0, 0.05) is 12.6 Å². The van der Waals surface area contributed by atoms with Gasteiger partial charge in [-0.3, -0.25) is 13.9 Å². The van der Waals surface area contributed by atoms with E-state index < -0.39 is 34.3 Å². The summed E-state index contributed by atoms with van der Waals surface area (Å²) in [6.45, 7) is 6.81. The Morgan fingerprint density at radius 1 is 0.897 bits per heavy atom. The second-order valence-electron chi connectivity index (χ2n) is 9.45. The number of hydrogen-bond acceptors (Lipinski definition) is 4. The van der Waals surface area contributed by atoms with Crippen molar-refractivity contribution in [3.63, 3.8) is 0 Å². The van der Waals surface area contributed by atoms with Gasteiger partial charge in [-0.05, 0) is 68.1 Å². The molecule has 0 aliphatic heterocycles. The molecule has 3 aromatic rings. The zero-order valence-electron chi connectivity index (χ0n) is 22.8. The number of carbonyl (C=O) groups excluding carboxylic acids is 2. The van der Waals surface area contributed by atoms with E-state index in [0.717, 1.165) is 9.87 Å². The lowest BCUT2D eigenvalue weighted by molar-refractivity contribution is -0.139. The quantitative estimate of drug-likeness (QED) is 0.345. The highest BCUT2D eigenvalue weighted by molar-refractivity contribution is 7.92. The molecular weight excluding hydrogens is 517 g/mol. The van der Waals surface area contributed by atoms with Crippen LogP contribution < -0.4 is 9.62 Å². The summed E-state index contributed by atoms with van der Waals surface area (Å²) in [5.74, 6) is -1.33. The van der Waals surface area contributed by atoms with Gasteiger partial charge < -0.3 is 10.2 Å². The van der Waals surface area contributed by atoms with Crippen LogP contribution in [0.15, 0.2) is 83.8 Å². The van der Waals surface area contributed by atoms with Crippen LogP contribution >= 0.6 is 0 Å². The Hall–Kier alpha value is -3.72. The molecule has 0 saturated carbocycles. The first-order valence-electron chi connectivity index (χ1n) is 13.1. The van der Waals surface area contributed by atoms with E-state index in [0.29, 0.717) is 24.1 Å². The number of aryl methyl sites for hydroxylation is 1. The van der Waals surface area contributed by atoms with Crippen molar-refractivity contribution in [2.45, 2.75) is 64.1 Å². The Balaban J connectivity index is 2.04. The Kier molecular flexibility index (Phi) is 10.2. The first-order chi connectivity index (χ1) is 18.6. The predicted molar refractivity (Wildman–Crippen MR) is 151 cm³/mol. The standard InChI is InChI=1S/C30H36FN3O4S/c1-5-22(3)32-30(36)23(4)33(20-24-16-18-26(31)19-17-24)29(35)21-34(28-15-11-10-12-25(28)6-2)39(37,38)27-13-8-7-9-14-27/h7-19,22-23H,5-6,20-21H2,1-4H3,(H,32,36)/t22-,23-/m1/s1. The molecule has 0 bridgehead atoms. The maximum atomic E-state index is 13.9. The lowest BCUT2D eigenvalue weighted by atomic mass is 10.1. The normalized spacial score (nSPS) is 12.8. The molecule has 0 aromatic heterocycles. The van der Waals surface area contributed by atoms with Crippen molar-refractivity contribution in [3.8, 4) is 0 Å². The van der Waals surface area contributed by atoms with Crippen molar-refractivity contribution in [1.82, 2.24) is 10.2 Å². The summed E-state index contributed by atoms with van der Waals surface area (Å²) < 4.78 is 42.4. The maximum Gasteiger partial charge on any atom is 0.264 e. The number of para-hydroxylation sites is 1. The van der Waals surface area contributed by atoms with Crippen LogP contribution in [-0.2, 0) is 32.6 Å². The highest BCUT2D eigenvalue weighted by Gasteiger charge is 2.33. The zero-order chi connectivity index (χ0) is 28.6. The third-order valence-corrected chi connectivity index (χ3v) is 8.46. The van der Waals surface area contributed by atoms with Crippen molar-refractivity contribution in [2.75, 3.05) is 10.8 Å². The molecule has 9 heteroatoms. The van der Waals surface area contributed by atoms with Crippen LogP contribution in [0, 0.1) is 5.82 Å². The number of hydrogen-bond donors (Lipinski definition) is 1.